The van der Waals surface area contributed by atoms with Crippen molar-refractivity contribution < 1.29 is 4.79 Å². The fourth-order valence-corrected chi connectivity index (χ4v) is 3.79. The molecular formula is C20H25N7O. The number of pyridine rings is 1. The van der Waals surface area contributed by atoms with Crippen LogP contribution in [-0.4, -0.2) is 53.6 Å². The monoisotopic (exact) mass is 379 g/mol. The highest BCUT2D eigenvalue weighted by Gasteiger charge is 2.27. The van der Waals surface area contributed by atoms with Crippen molar-refractivity contribution >= 4 is 5.91 Å². The summed E-state index contributed by atoms with van der Waals surface area (Å²) in [6.07, 6.45) is 10.6. The Bertz CT molecular complexity index is 918. The summed E-state index contributed by atoms with van der Waals surface area (Å²) >= 11 is 0. The van der Waals surface area contributed by atoms with Crippen LogP contribution in [0.4, 0.5) is 0 Å². The number of likely N-dealkylation sites (tertiary alicyclic amines) is 1. The minimum Gasteiger partial charge on any atom is -0.342 e. The van der Waals surface area contributed by atoms with Crippen LogP contribution < -0.4 is 0 Å². The average Bonchev–Trinajstić information content (AvgIpc) is 3.36. The van der Waals surface area contributed by atoms with Crippen LogP contribution >= 0.6 is 0 Å². The standard InChI is InChI=1S/C20H25N7O/c1-15-23-18(25-24-15)6-7-19(28)26-10-3-5-17(14-26)20-22-9-11-27(20)13-16-4-2-8-21-12-16/h2,4,8-9,11-12,17H,3,5-7,10,13-14H2,1H3,(H,23,24,25)/t17-/m0/s1. The molecule has 1 fully saturated rings. The third kappa shape index (κ3) is 4.27. The Kier molecular flexibility index (Phi) is 5.45. The van der Waals surface area contributed by atoms with Crippen molar-refractivity contribution in [1.29, 1.82) is 0 Å². The maximum absolute atomic E-state index is 12.7. The van der Waals surface area contributed by atoms with Crippen molar-refractivity contribution in [1.82, 2.24) is 34.6 Å². The summed E-state index contributed by atoms with van der Waals surface area (Å²) in [5.74, 6) is 2.95. The van der Waals surface area contributed by atoms with Gasteiger partial charge in [-0.05, 0) is 31.4 Å². The van der Waals surface area contributed by atoms with Crippen LogP contribution in [0.25, 0.3) is 0 Å². The maximum atomic E-state index is 12.7. The van der Waals surface area contributed by atoms with Crippen molar-refractivity contribution in [2.24, 2.45) is 0 Å². The van der Waals surface area contributed by atoms with Crippen LogP contribution in [0.5, 0.6) is 0 Å². The molecule has 8 nitrogen and oxygen atoms in total. The van der Waals surface area contributed by atoms with E-state index in [-0.39, 0.29) is 11.8 Å². The van der Waals surface area contributed by atoms with Gasteiger partial charge >= 0.3 is 0 Å². The zero-order valence-electron chi connectivity index (χ0n) is 16.1. The molecule has 3 aromatic rings. The molecule has 3 aromatic heterocycles. The molecule has 0 unspecified atom stereocenters. The number of carbonyl (C=O) groups excluding carboxylic acids is 1. The molecule has 28 heavy (non-hydrogen) atoms. The molecule has 1 amide bonds. The van der Waals surface area contributed by atoms with Gasteiger partial charge in [0.15, 0.2) is 5.82 Å². The maximum Gasteiger partial charge on any atom is 0.223 e. The van der Waals surface area contributed by atoms with Gasteiger partial charge in [-0.2, -0.15) is 5.10 Å². The molecule has 4 rings (SSSR count). The number of nitrogens with one attached hydrogen (secondary N) is 1. The summed E-state index contributed by atoms with van der Waals surface area (Å²) in [6, 6.07) is 4.01. The lowest BCUT2D eigenvalue weighted by Gasteiger charge is -2.32. The highest BCUT2D eigenvalue weighted by atomic mass is 16.2. The molecule has 0 aromatic carbocycles. The molecular weight excluding hydrogens is 354 g/mol. The Hall–Kier alpha value is -3.03. The minimum atomic E-state index is 0.164. The van der Waals surface area contributed by atoms with Crippen molar-refractivity contribution in [2.75, 3.05) is 13.1 Å². The first kappa shape index (κ1) is 18.3. The van der Waals surface area contributed by atoms with Crippen LogP contribution in [0, 0.1) is 6.92 Å². The third-order valence-corrected chi connectivity index (χ3v) is 5.17. The van der Waals surface area contributed by atoms with E-state index in [2.05, 4.69) is 35.8 Å². The highest BCUT2D eigenvalue weighted by Crippen LogP contribution is 2.26. The molecule has 1 aliphatic heterocycles. The van der Waals surface area contributed by atoms with Crippen molar-refractivity contribution in [3.05, 3.63) is 60.0 Å². The molecule has 0 spiro atoms. The van der Waals surface area contributed by atoms with Gasteiger partial charge in [0.05, 0.1) is 6.54 Å². The van der Waals surface area contributed by atoms with Gasteiger partial charge in [-0.15, -0.1) is 0 Å². The van der Waals surface area contributed by atoms with Crippen molar-refractivity contribution in [2.45, 2.75) is 45.1 Å². The number of H-pyrrole nitrogens is 1. The molecule has 8 heteroatoms. The number of imidazole rings is 1. The smallest absolute Gasteiger partial charge is 0.223 e. The van der Waals surface area contributed by atoms with E-state index in [1.54, 1.807) is 6.20 Å². The van der Waals surface area contributed by atoms with Gasteiger partial charge in [0.2, 0.25) is 5.91 Å². The number of aryl methyl sites for hydroxylation is 2. The van der Waals surface area contributed by atoms with Crippen LogP contribution in [0.1, 0.15) is 48.2 Å². The molecule has 0 saturated carbocycles. The molecule has 0 radical (unpaired) electrons. The van der Waals surface area contributed by atoms with Gasteiger partial charge in [0.25, 0.3) is 0 Å². The molecule has 146 valence electrons. The molecule has 1 N–H and O–H groups in total. The molecule has 1 aliphatic rings. The number of piperidine rings is 1. The van der Waals surface area contributed by atoms with Gasteiger partial charge in [-0.25, -0.2) is 9.97 Å². The third-order valence-electron chi connectivity index (χ3n) is 5.17. The molecule has 4 heterocycles. The van der Waals surface area contributed by atoms with Gasteiger partial charge in [0, 0.05) is 56.6 Å². The van der Waals surface area contributed by atoms with Crippen molar-refractivity contribution in [3.8, 4) is 0 Å². The molecule has 1 saturated heterocycles. The lowest BCUT2D eigenvalue weighted by atomic mass is 9.96. The zero-order valence-corrected chi connectivity index (χ0v) is 16.1. The minimum absolute atomic E-state index is 0.164. The number of rotatable bonds is 6. The second kappa shape index (κ2) is 8.33. The van der Waals surface area contributed by atoms with E-state index < -0.39 is 0 Å². The number of carbonyl (C=O) groups is 1. The van der Waals surface area contributed by atoms with Crippen LogP contribution in [-0.2, 0) is 17.8 Å². The Morgan fingerprint density at radius 1 is 1.36 bits per heavy atom. The summed E-state index contributed by atoms with van der Waals surface area (Å²) in [4.78, 5) is 27.7. The number of nitrogens with zero attached hydrogens (tertiary/aromatic N) is 6. The number of aromatic nitrogens is 6. The Labute approximate surface area is 164 Å². The van der Waals surface area contributed by atoms with E-state index in [1.807, 2.05) is 36.5 Å². The van der Waals surface area contributed by atoms with E-state index in [4.69, 9.17) is 0 Å². The largest absolute Gasteiger partial charge is 0.342 e. The molecule has 1 atom stereocenters. The molecule has 0 bridgehead atoms. The SMILES string of the molecule is Cc1nc(CCC(=O)N2CCC[C@H](c3nccn3Cc3cccnc3)C2)n[nH]1. The van der Waals surface area contributed by atoms with Gasteiger partial charge < -0.3 is 9.47 Å². The first-order valence-corrected chi connectivity index (χ1v) is 9.74. The van der Waals surface area contributed by atoms with Crippen LogP contribution in [0.2, 0.25) is 0 Å². The predicted molar refractivity (Wildman–Crippen MR) is 104 cm³/mol. The zero-order chi connectivity index (χ0) is 19.3. The topological polar surface area (TPSA) is 92.6 Å². The lowest BCUT2D eigenvalue weighted by Crippen LogP contribution is -2.40. The number of aromatic amines is 1. The second-order valence-corrected chi connectivity index (χ2v) is 7.29. The van der Waals surface area contributed by atoms with E-state index >= 15 is 0 Å². The number of amides is 1. The van der Waals surface area contributed by atoms with Crippen LogP contribution in [0.3, 0.4) is 0 Å². The summed E-state index contributed by atoms with van der Waals surface area (Å²) in [5, 5.41) is 6.94. The number of hydrogen-bond acceptors (Lipinski definition) is 5. The quantitative estimate of drug-likeness (QED) is 0.708. The normalized spacial score (nSPS) is 17.0. The Morgan fingerprint density at radius 3 is 3.07 bits per heavy atom. The van der Waals surface area contributed by atoms with Gasteiger partial charge in [-0.3, -0.25) is 14.9 Å². The van der Waals surface area contributed by atoms with E-state index in [0.29, 0.717) is 18.7 Å². The van der Waals surface area contributed by atoms with Gasteiger partial charge in [-0.1, -0.05) is 6.07 Å². The average molecular weight is 379 g/mol. The van der Waals surface area contributed by atoms with E-state index in [0.717, 1.165) is 49.7 Å². The summed E-state index contributed by atoms with van der Waals surface area (Å²) < 4.78 is 2.17. The van der Waals surface area contributed by atoms with E-state index in [9.17, 15) is 4.79 Å². The predicted octanol–water partition coefficient (Wildman–Crippen LogP) is 2.09. The Balaban J connectivity index is 1.38. The van der Waals surface area contributed by atoms with Crippen molar-refractivity contribution in [3.63, 3.8) is 0 Å². The summed E-state index contributed by atoms with van der Waals surface area (Å²) in [5.41, 5.74) is 1.15. The number of hydrogen-bond donors (Lipinski definition) is 1. The van der Waals surface area contributed by atoms with E-state index in [1.165, 1.54) is 0 Å². The van der Waals surface area contributed by atoms with Crippen LogP contribution in [0.15, 0.2) is 36.9 Å². The second-order valence-electron chi connectivity index (χ2n) is 7.29. The fourth-order valence-electron chi connectivity index (χ4n) is 3.79. The summed E-state index contributed by atoms with van der Waals surface area (Å²) in [7, 11) is 0. The first-order chi connectivity index (χ1) is 13.7. The van der Waals surface area contributed by atoms with Gasteiger partial charge in [0.1, 0.15) is 11.6 Å². The molecule has 0 aliphatic carbocycles. The Morgan fingerprint density at radius 2 is 2.29 bits per heavy atom. The summed E-state index contributed by atoms with van der Waals surface area (Å²) in [6.45, 7) is 4.14. The lowest BCUT2D eigenvalue weighted by molar-refractivity contribution is -0.132. The first-order valence-electron chi connectivity index (χ1n) is 9.74. The fraction of sp³-hybridized carbons (Fsp3) is 0.450. The highest BCUT2D eigenvalue weighted by molar-refractivity contribution is 5.76.